The maximum Gasteiger partial charge on any atom is 0.209 e. The fourth-order valence-corrected chi connectivity index (χ4v) is 2.13. The molecule has 0 aliphatic rings. The fraction of sp³-hybridized carbons (Fsp3) is 0.455. The molecule has 0 aromatic heterocycles. The molecule has 0 saturated heterocycles. The maximum atomic E-state index is 12.8. The van der Waals surface area contributed by atoms with Gasteiger partial charge in [-0.05, 0) is 26.0 Å². The predicted molar refractivity (Wildman–Crippen MR) is 67.1 cm³/mol. The van der Waals surface area contributed by atoms with Crippen LogP contribution in [0.3, 0.4) is 0 Å². The molecule has 7 heteroatoms. The van der Waals surface area contributed by atoms with E-state index in [4.69, 9.17) is 5.14 Å². The largest absolute Gasteiger partial charge is 0.508 e. The second-order valence-corrected chi connectivity index (χ2v) is 5.83. The standard InChI is InChI=1S/C11H17FN2O3S/c1-8(14-5-2-6-18(13,16)17)10-4-3-9(12)7-11(10)15/h3-4,7-8,14-15H,2,5-6H2,1H3,(H2,13,16,17). The molecule has 1 atom stereocenters. The van der Waals surface area contributed by atoms with Gasteiger partial charge in [-0.3, -0.25) is 0 Å². The van der Waals surface area contributed by atoms with Gasteiger partial charge in [-0.25, -0.2) is 17.9 Å². The van der Waals surface area contributed by atoms with Crippen LogP contribution in [0.15, 0.2) is 18.2 Å². The zero-order valence-electron chi connectivity index (χ0n) is 10.1. The molecule has 5 nitrogen and oxygen atoms in total. The number of halogens is 1. The summed E-state index contributed by atoms with van der Waals surface area (Å²) in [5.41, 5.74) is 0.562. The number of primary sulfonamides is 1. The van der Waals surface area contributed by atoms with E-state index in [9.17, 15) is 17.9 Å². The van der Waals surface area contributed by atoms with Crippen molar-refractivity contribution in [3.63, 3.8) is 0 Å². The second kappa shape index (κ2) is 6.12. The summed E-state index contributed by atoms with van der Waals surface area (Å²) < 4.78 is 34.2. The smallest absolute Gasteiger partial charge is 0.209 e. The van der Waals surface area contributed by atoms with Gasteiger partial charge >= 0.3 is 0 Å². The van der Waals surface area contributed by atoms with Gasteiger partial charge in [0.05, 0.1) is 5.75 Å². The molecule has 102 valence electrons. The van der Waals surface area contributed by atoms with Crippen LogP contribution >= 0.6 is 0 Å². The van der Waals surface area contributed by atoms with Crippen molar-refractivity contribution in [3.05, 3.63) is 29.6 Å². The summed E-state index contributed by atoms with van der Waals surface area (Å²) in [5.74, 6) is -0.721. The van der Waals surface area contributed by atoms with Gasteiger partial charge < -0.3 is 10.4 Å². The van der Waals surface area contributed by atoms with E-state index >= 15 is 0 Å². The number of hydrogen-bond acceptors (Lipinski definition) is 4. The Morgan fingerprint density at radius 1 is 1.50 bits per heavy atom. The van der Waals surface area contributed by atoms with Gasteiger partial charge in [0, 0.05) is 17.7 Å². The van der Waals surface area contributed by atoms with Crippen LogP contribution in [0.4, 0.5) is 4.39 Å². The fourth-order valence-electron chi connectivity index (χ4n) is 1.58. The van der Waals surface area contributed by atoms with Gasteiger partial charge in [0.25, 0.3) is 0 Å². The summed E-state index contributed by atoms with van der Waals surface area (Å²) in [4.78, 5) is 0. The third-order valence-electron chi connectivity index (χ3n) is 2.52. The summed E-state index contributed by atoms with van der Waals surface area (Å²) in [7, 11) is -3.44. The quantitative estimate of drug-likeness (QED) is 0.672. The first-order valence-electron chi connectivity index (χ1n) is 5.52. The number of rotatable bonds is 6. The van der Waals surface area contributed by atoms with Crippen molar-refractivity contribution in [1.82, 2.24) is 5.32 Å². The number of sulfonamides is 1. The summed E-state index contributed by atoms with van der Waals surface area (Å²) >= 11 is 0. The Labute approximate surface area is 106 Å². The summed E-state index contributed by atoms with van der Waals surface area (Å²) in [6, 6.07) is 3.59. The Hall–Kier alpha value is -1.18. The average Bonchev–Trinajstić information content (AvgIpc) is 2.22. The second-order valence-electron chi connectivity index (χ2n) is 4.10. The van der Waals surface area contributed by atoms with E-state index in [1.807, 2.05) is 0 Å². The third-order valence-corrected chi connectivity index (χ3v) is 3.37. The van der Waals surface area contributed by atoms with E-state index in [1.165, 1.54) is 12.1 Å². The van der Waals surface area contributed by atoms with Gasteiger partial charge in [0.1, 0.15) is 11.6 Å². The molecule has 0 bridgehead atoms. The highest BCUT2D eigenvalue weighted by Gasteiger charge is 2.10. The average molecular weight is 276 g/mol. The highest BCUT2D eigenvalue weighted by atomic mass is 32.2. The minimum atomic E-state index is -3.44. The molecule has 1 aromatic carbocycles. The molecular formula is C11H17FN2O3S. The molecule has 0 saturated carbocycles. The van der Waals surface area contributed by atoms with E-state index in [-0.39, 0.29) is 17.5 Å². The summed E-state index contributed by atoms with van der Waals surface area (Å²) in [6.07, 6.45) is 0.380. The van der Waals surface area contributed by atoms with Crippen LogP contribution in [0.5, 0.6) is 5.75 Å². The van der Waals surface area contributed by atoms with Crippen LogP contribution < -0.4 is 10.5 Å². The van der Waals surface area contributed by atoms with Crippen molar-refractivity contribution in [2.75, 3.05) is 12.3 Å². The lowest BCUT2D eigenvalue weighted by molar-refractivity contribution is 0.447. The van der Waals surface area contributed by atoms with Crippen molar-refractivity contribution in [3.8, 4) is 5.75 Å². The lowest BCUT2D eigenvalue weighted by Crippen LogP contribution is -2.24. The number of hydrogen-bond donors (Lipinski definition) is 3. The summed E-state index contributed by atoms with van der Waals surface area (Å²) in [5, 5.41) is 17.4. The molecule has 1 aromatic rings. The van der Waals surface area contributed by atoms with Crippen molar-refractivity contribution in [2.45, 2.75) is 19.4 Å². The first-order chi connectivity index (χ1) is 8.29. The molecule has 1 rings (SSSR count). The SMILES string of the molecule is CC(NCCCS(N)(=O)=O)c1ccc(F)cc1O. The van der Waals surface area contributed by atoms with Gasteiger partial charge in [-0.15, -0.1) is 0 Å². The number of phenols is 1. The number of nitrogens with two attached hydrogens (primary N) is 1. The van der Waals surface area contributed by atoms with Gasteiger partial charge in [-0.2, -0.15) is 0 Å². The van der Waals surface area contributed by atoms with Crippen molar-refractivity contribution in [2.24, 2.45) is 5.14 Å². The van der Waals surface area contributed by atoms with Crippen LogP contribution in [0, 0.1) is 5.82 Å². The Bertz CT molecular complexity index is 505. The zero-order valence-corrected chi connectivity index (χ0v) is 10.9. The Kier molecular flexibility index (Phi) is 5.06. The molecule has 0 spiro atoms. The molecule has 0 fully saturated rings. The molecule has 0 aliphatic heterocycles. The Morgan fingerprint density at radius 2 is 2.17 bits per heavy atom. The van der Waals surface area contributed by atoms with Crippen molar-refractivity contribution >= 4 is 10.0 Å². The molecule has 0 heterocycles. The van der Waals surface area contributed by atoms with Gasteiger partial charge in [-0.1, -0.05) is 6.07 Å². The first-order valence-corrected chi connectivity index (χ1v) is 7.23. The maximum absolute atomic E-state index is 12.8. The van der Waals surface area contributed by atoms with Crippen LogP contribution in [0.2, 0.25) is 0 Å². The molecule has 0 amide bonds. The Morgan fingerprint density at radius 3 is 2.72 bits per heavy atom. The lowest BCUT2D eigenvalue weighted by atomic mass is 10.1. The zero-order chi connectivity index (χ0) is 13.8. The first kappa shape index (κ1) is 14.9. The van der Waals surface area contributed by atoms with Crippen LogP contribution in [-0.2, 0) is 10.0 Å². The molecule has 18 heavy (non-hydrogen) atoms. The van der Waals surface area contributed by atoms with Crippen LogP contribution in [0.25, 0.3) is 0 Å². The van der Waals surface area contributed by atoms with E-state index in [0.717, 1.165) is 6.07 Å². The topological polar surface area (TPSA) is 92.4 Å². The van der Waals surface area contributed by atoms with Gasteiger partial charge in [0.15, 0.2) is 0 Å². The molecule has 0 aliphatic carbocycles. The van der Waals surface area contributed by atoms with E-state index < -0.39 is 15.8 Å². The minimum Gasteiger partial charge on any atom is -0.508 e. The van der Waals surface area contributed by atoms with Crippen molar-refractivity contribution in [1.29, 1.82) is 0 Å². The van der Waals surface area contributed by atoms with E-state index in [0.29, 0.717) is 18.5 Å². The van der Waals surface area contributed by atoms with Gasteiger partial charge in [0.2, 0.25) is 10.0 Å². The predicted octanol–water partition coefficient (Wildman–Crippen LogP) is 0.861. The van der Waals surface area contributed by atoms with Crippen LogP contribution in [-0.4, -0.2) is 25.8 Å². The van der Waals surface area contributed by atoms with E-state index in [1.54, 1.807) is 6.92 Å². The Balaban J connectivity index is 2.48. The molecule has 0 radical (unpaired) electrons. The van der Waals surface area contributed by atoms with Crippen LogP contribution in [0.1, 0.15) is 24.9 Å². The lowest BCUT2D eigenvalue weighted by Gasteiger charge is -2.15. The number of aromatic hydroxyl groups is 1. The number of benzene rings is 1. The summed E-state index contributed by atoms with van der Waals surface area (Å²) in [6.45, 7) is 2.23. The highest BCUT2D eigenvalue weighted by Crippen LogP contribution is 2.24. The normalized spacial score (nSPS) is 13.5. The van der Waals surface area contributed by atoms with E-state index in [2.05, 4.69) is 5.32 Å². The van der Waals surface area contributed by atoms with Crippen molar-refractivity contribution < 1.29 is 17.9 Å². The molecule has 4 N–H and O–H groups in total. The highest BCUT2D eigenvalue weighted by molar-refractivity contribution is 7.89. The third kappa shape index (κ3) is 4.99. The molecular weight excluding hydrogens is 259 g/mol. The minimum absolute atomic E-state index is 0.0951. The monoisotopic (exact) mass is 276 g/mol. The number of nitrogens with one attached hydrogen (secondary N) is 1. The molecule has 1 unspecified atom stereocenters. The number of phenolic OH excluding ortho intramolecular Hbond substituents is 1.